The molecule has 0 saturated carbocycles. The summed E-state index contributed by atoms with van der Waals surface area (Å²) in [6.45, 7) is 10.7. The first kappa shape index (κ1) is 19.1. The van der Waals surface area contributed by atoms with Gasteiger partial charge in [-0.15, -0.1) is 30.6 Å². The maximum Gasteiger partial charge on any atom is 0.193 e. The van der Waals surface area contributed by atoms with Crippen molar-refractivity contribution < 1.29 is 0 Å². The van der Waals surface area contributed by atoms with E-state index in [1.54, 1.807) is 0 Å². The van der Waals surface area contributed by atoms with E-state index in [1.807, 2.05) is 6.08 Å². The molecule has 0 rings (SSSR count). The molecule has 0 radical (unpaired) electrons. The molecule has 1 N–H and O–H groups in total. The minimum absolute atomic E-state index is 0. The Morgan fingerprint density at radius 2 is 2.00 bits per heavy atom. The van der Waals surface area contributed by atoms with Crippen molar-refractivity contribution in [3.63, 3.8) is 0 Å². The fourth-order valence-electron chi connectivity index (χ4n) is 1.54. The Morgan fingerprint density at radius 1 is 1.29 bits per heavy atom. The van der Waals surface area contributed by atoms with Crippen LogP contribution in [0.4, 0.5) is 0 Å². The van der Waals surface area contributed by atoms with Gasteiger partial charge in [-0.2, -0.15) is 0 Å². The second kappa shape index (κ2) is 13.8. The van der Waals surface area contributed by atoms with Crippen molar-refractivity contribution in [2.75, 3.05) is 26.7 Å². The van der Waals surface area contributed by atoms with Crippen molar-refractivity contribution in [1.82, 2.24) is 10.2 Å². The van der Waals surface area contributed by atoms with Crippen molar-refractivity contribution in [3.8, 4) is 0 Å². The normalized spacial score (nSPS) is 10.6. The number of unbranched alkanes of at least 4 members (excludes halogenated alkanes) is 3. The van der Waals surface area contributed by atoms with Gasteiger partial charge in [-0.05, 0) is 33.1 Å². The number of aliphatic imine (C=N–C) groups is 1. The van der Waals surface area contributed by atoms with E-state index in [-0.39, 0.29) is 24.0 Å². The Morgan fingerprint density at radius 3 is 2.53 bits per heavy atom. The molecule has 0 atom stereocenters. The molecular formula is C13H28IN3. The van der Waals surface area contributed by atoms with Gasteiger partial charge in [-0.1, -0.05) is 12.5 Å². The van der Waals surface area contributed by atoms with Crippen LogP contribution in [0.3, 0.4) is 0 Å². The van der Waals surface area contributed by atoms with Crippen molar-refractivity contribution in [2.24, 2.45) is 4.99 Å². The molecule has 0 fully saturated rings. The van der Waals surface area contributed by atoms with Crippen molar-refractivity contribution >= 4 is 29.9 Å². The lowest BCUT2D eigenvalue weighted by atomic mass is 10.2. The third-order valence-electron chi connectivity index (χ3n) is 2.41. The van der Waals surface area contributed by atoms with Gasteiger partial charge in [0.25, 0.3) is 0 Å². The van der Waals surface area contributed by atoms with Gasteiger partial charge < -0.3 is 10.2 Å². The highest BCUT2D eigenvalue weighted by atomic mass is 127. The fraction of sp³-hybridized carbons (Fsp3) is 0.769. The van der Waals surface area contributed by atoms with Crippen LogP contribution in [0, 0.1) is 0 Å². The zero-order chi connectivity index (χ0) is 12.2. The van der Waals surface area contributed by atoms with Gasteiger partial charge in [0.1, 0.15) is 0 Å². The van der Waals surface area contributed by atoms with Gasteiger partial charge in [0.05, 0.1) is 0 Å². The number of nitrogens with zero attached hydrogens (tertiary/aromatic N) is 2. The van der Waals surface area contributed by atoms with E-state index in [0.717, 1.165) is 32.0 Å². The van der Waals surface area contributed by atoms with Gasteiger partial charge >= 0.3 is 0 Å². The van der Waals surface area contributed by atoms with Crippen molar-refractivity contribution in [1.29, 1.82) is 0 Å². The quantitative estimate of drug-likeness (QED) is 0.238. The van der Waals surface area contributed by atoms with E-state index in [9.17, 15) is 0 Å². The van der Waals surface area contributed by atoms with Gasteiger partial charge in [-0.3, -0.25) is 4.99 Å². The first-order valence-electron chi connectivity index (χ1n) is 6.36. The predicted octanol–water partition coefficient (Wildman–Crippen LogP) is 3.27. The monoisotopic (exact) mass is 353 g/mol. The standard InChI is InChI=1S/C13H27N3.HI/c1-5-8-9-10-11-12-16(4)13(14-6-2)15-7-3;/h5H,1,6-12H2,2-4H3,(H,14,15);1H. The highest BCUT2D eigenvalue weighted by Crippen LogP contribution is 2.01. The Balaban J connectivity index is 0. The molecule has 0 spiro atoms. The maximum atomic E-state index is 4.44. The lowest BCUT2D eigenvalue weighted by Gasteiger charge is -2.21. The SMILES string of the molecule is C=CCCCCCN(C)C(=NCC)NCC.I. The van der Waals surface area contributed by atoms with E-state index in [4.69, 9.17) is 0 Å². The van der Waals surface area contributed by atoms with Crippen LogP contribution in [-0.4, -0.2) is 37.5 Å². The summed E-state index contributed by atoms with van der Waals surface area (Å²) in [5.74, 6) is 1.02. The maximum absolute atomic E-state index is 4.44. The number of nitrogens with one attached hydrogen (secondary N) is 1. The molecule has 4 heteroatoms. The van der Waals surface area contributed by atoms with Crippen LogP contribution in [-0.2, 0) is 0 Å². The molecule has 0 heterocycles. The smallest absolute Gasteiger partial charge is 0.193 e. The van der Waals surface area contributed by atoms with Gasteiger partial charge in [0.15, 0.2) is 5.96 Å². The average Bonchev–Trinajstić information content (AvgIpc) is 2.28. The molecule has 0 aromatic carbocycles. The zero-order valence-electron chi connectivity index (χ0n) is 11.5. The summed E-state index contributed by atoms with van der Waals surface area (Å²) in [6, 6.07) is 0. The first-order chi connectivity index (χ1) is 7.76. The summed E-state index contributed by atoms with van der Waals surface area (Å²) in [7, 11) is 2.10. The Labute approximate surface area is 124 Å². The van der Waals surface area contributed by atoms with E-state index < -0.39 is 0 Å². The highest BCUT2D eigenvalue weighted by molar-refractivity contribution is 14.0. The predicted molar refractivity (Wildman–Crippen MR) is 88.4 cm³/mol. The number of guanidine groups is 1. The van der Waals surface area contributed by atoms with Crippen molar-refractivity contribution in [2.45, 2.75) is 39.5 Å². The zero-order valence-corrected chi connectivity index (χ0v) is 13.9. The molecule has 0 aliphatic carbocycles. The second-order valence-electron chi connectivity index (χ2n) is 3.89. The molecule has 0 aliphatic heterocycles. The molecule has 0 aromatic rings. The third-order valence-corrected chi connectivity index (χ3v) is 2.41. The molecule has 3 nitrogen and oxygen atoms in total. The van der Waals surface area contributed by atoms with Crippen LogP contribution in [0.1, 0.15) is 39.5 Å². The van der Waals surface area contributed by atoms with Crippen LogP contribution in [0.2, 0.25) is 0 Å². The lowest BCUT2D eigenvalue weighted by Crippen LogP contribution is -2.39. The molecule has 0 aromatic heterocycles. The summed E-state index contributed by atoms with van der Waals surface area (Å²) < 4.78 is 0. The van der Waals surface area contributed by atoms with Gasteiger partial charge in [-0.25, -0.2) is 0 Å². The largest absolute Gasteiger partial charge is 0.357 e. The number of allylic oxidation sites excluding steroid dienone is 1. The average molecular weight is 353 g/mol. The molecule has 17 heavy (non-hydrogen) atoms. The molecule has 0 unspecified atom stereocenters. The summed E-state index contributed by atoms with van der Waals surface area (Å²) in [5.41, 5.74) is 0. The van der Waals surface area contributed by atoms with E-state index in [2.05, 4.69) is 42.7 Å². The molecular weight excluding hydrogens is 325 g/mol. The second-order valence-corrected chi connectivity index (χ2v) is 3.89. The molecule has 102 valence electrons. The van der Waals surface area contributed by atoms with Crippen LogP contribution in [0.25, 0.3) is 0 Å². The van der Waals surface area contributed by atoms with Crippen LogP contribution in [0.5, 0.6) is 0 Å². The van der Waals surface area contributed by atoms with Gasteiger partial charge in [0.2, 0.25) is 0 Å². The van der Waals surface area contributed by atoms with Crippen LogP contribution in [0.15, 0.2) is 17.6 Å². The summed E-state index contributed by atoms with van der Waals surface area (Å²) >= 11 is 0. The Hall–Kier alpha value is -0.260. The van der Waals surface area contributed by atoms with E-state index >= 15 is 0 Å². The molecule has 0 amide bonds. The Bertz CT molecular complexity index is 205. The summed E-state index contributed by atoms with van der Waals surface area (Å²) in [5, 5.41) is 3.30. The lowest BCUT2D eigenvalue weighted by molar-refractivity contribution is 0.456. The first-order valence-corrected chi connectivity index (χ1v) is 6.36. The number of rotatable bonds is 8. The van der Waals surface area contributed by atoms with Crippen LogP contribution < -0.4 is 5.32 Å². The summed E-state index contributed by atoms with van der Waals surface area (Å²) in [6.07, 6.45) is 6.86. The number of hydrogen-bond donors (Lipinski definition) is 1. The number of halogens is 1. The molecule has 0 saturated heterocycles. The van der Waals surface area contributed by atoms with Gasteiger partial charge in [0, 0.05) is 26.7 Å². The molecule has 0 aliphatic rings. The highest BCUT2D eigenvalue weighted by Gasteiger charge is 2.03. The minimum Gasteiger partial charge on any atom is -0.357 e. The van der Waals surface area contributed by atoms with E-state index in [1.165, 1.54) is 19.3 Å². The number of hydrogen-bond acceptors (Lipinski definition) is 1. The van der Waals surface area contributed by atoms with Crippen LogP contribution >= 0.6 is 24.0 Å². The minimum atomic E-state index is 0. The Kier molecular flexibility index (Phi) is 15.5. The fourth-order valence-corrected chi connectivity index (χ4v) is 1.54. The van der Waals surface area contributed by atoms with E-state index in [0.29, 0.717) is 0 Å². The molecule has 0 bridgehead atoms. The van der Waals surface area contributed by atoms with Crippen molar-refractivity contribution in [3.05, 3.63) is 12.7 Å². The topological polar surface area (TPSA) is 27.6 Å². The summed E-state index contributed by atoms with van der Waals surface area (Å²) in [4.78, 5) is 6.65. The third kappa shape index (κ3) is 10.6.